The number of carbonyl (C=O) groups is 9. The van der Waals surface area contributed by atoms with Crippen molar-refractivity contribution in [3.8, 4) is 0 Å². The standard InChI is InChI=1S/C34H47N11O9/c1-19-31(51)43-23(30(35)50)10-11-27(47)37-12-6-9-24(42-29(49)16-38-20(2)46)33(53)45-26(14-22-15-36-18-40-22)34(54)44-25(13-21-7-4-3-5-8-21)32(52)39-17-28(48)41-19/h3-5,7-8,15,18-19,23-26H,6,9-14,16-17H2,1-2H3,(H2,35,50)(H,36,40)(H,37,47)(H,38,46)(H,39,52)(H,41,48)(H,42,49)(H,43,51)(H,44,54)(H,45,53)/t19-,23?,24?,25?,26-/m0/s1. The molecule has 1 aliphatic heterocycles. The third-order valence-electron chi connectivity index (χ3n) is 8.18. The van der Waals surface area contributed by atoms with Gasteiger partial charge in [0.2, 0.25) is 53.2 Å². The molecule has 1 saturated heterocycles. The van der Waals surface area contributed by atoms with Gasteiger partial charge in [0.05, 0.1) is 19.4 Å². The maximum Gasteiger partial charge on any atom is 0.243 e. The monoisotopic (exact) mass is 753 g/mol. The second kappa shape index (κ2) is 21.2. The molecule has 3 rings (SSSR count). The summed E-state index contributed by atoms with van der Waals surface area (Å²) in [7, 11) is 0. The van der Waals surface area contributed by atoms with Crippen LogP contribution < -0.4 is 48.3 Å². The summed E-state index contributed by atoms with van der Waals surface area (Å²) in [5.41, 5.74) is 6.56. The van der Waals surface area contributed by atoms with E-state index in [0.717, 1.165) is 0 Å². The lowest BCUT2D eigenvalue weighted by Crippen LogP contribution is -2.58. The second-order valence-electron chi connectivity index (χ2n) is 12.6. The Hall–Kier alpha value is -6.34. The molecule has 11 N–H and O–H groups in total. The minimum absolute atomic E-state index is 0.00831. The number of benzene rings is 1. The highest BCUT2D eigenvalue weighted by molar-refractivity contribution is 5.96. The number of nitrogens with one attached hydrogen (secondary N) is 9. The smallest absolute Gasteiger partial charge is 0.243 e. The number of primary amides is 1. The number of rotatable bonds is 8. The molecule has 9 amide bonds. The zero-order valence-corrected chi connectivity index (χ0v) is 30.0. The lowest BCUT2D eigenvalue weighted by Gasteiger charge is -2.25. The van der Waals surface area contributed by atoms with E-state index >= 15 is 0 Å². The molecule has 0 bridgehead atoms. The van der Waals surface area contributed by atoms with Gasteiger partial charge in [0.25, 0.3) is 0 Å². The summed E-state index contributed by atoms with van der Waals surface area (Å²) in [4.78, 5) is 122. The zero-order valence-electron chi connectivity index (χ0n) is 30.0. The van der Waals surface area contributed by atoms with Crippen LogP contribution in [0, 0.1) is 0 Å². The van der Waals surface area contributed by atoms with Gasteiger partial charge in [-0.2, -0.15) is 0 Å². The van der Waals surface area contributed by atoms with Crippen molar-refractivity contribution in [1.82, 2.24) is 52.5 Å². The fourth-order valence-corrected chi connectivity index (χ4v) is 5.28. The van der Waals surface area contributed by atoms with E-state index in [-0.39, 0.29) is 45.1 Å². The van der Waals surface area contributed by atoms with Gasteiger partial charge in [0.15, 0.2) is 0 Å². The van der Waals surface area contributed by atoms with Crippen molar-refractivity contribution in [2.24, 2.45) is 5.73 Å². The number of H-pyrrole nitrogens is 1. The molecule has 0 aliphatic carbocycles. The number of aromatic nitrogens is 2. The Morgan fingerprint density at radius 1 is 0.833 bits per heavy atom. The summed E-state index contributed by atoms with van der Waals surface area (Å²) in [6.45, 7) is 1.58. The second-order valence-corrected chi connectivity index (χ2v) is 12.6. The molecule has 20 heteroatoms. The van der Waals surface area contributed by atoms with E-state index in [9.17, 15) is 43.2 Å². The Balaban J connectivity index is 1.93. The number of carbonyl (C=O) groups excluding carboxylic acids is 9. The molecule has 1 aromatic carbocycles. The van der Waals surface area contributed by atoms with Gasteiger partial charge in [-0.05, 0) is 31.7 Å². The number of amides is 9. The summed E-state index contributed by atoms with van der Waals surface area (Å²) in [5.74, 6) is -6.41. The van der Waals surface area contributed by atoms with Gasteiger partial charge in [-0.25, -0.2) is 4.98 Å². The highest BCUT2D eigenvalue weighted by Gasteiger charge is 2.31. The first-order valence-electron chi connectivity index (χ1n) is 17.3. The summed E-state index contributed by atoms with van der Waals surface area (Å²) < 4.78 is 0. The first kappa shape index (κ1) is 42.1. The van der Waals surface area contributed by atoms with Crippen molar-refractivity contribution >= 4 is 53.2 Å². The zero-order chi connectivity index (χ0) is 39.6. The van der Waals surface area contributed by atoms with Crippen LogP contribution in [0.4, 0.5) is 0 Å². The molecule has 20 nitrogen and oxygen atoms in total. The maximum absolute atomic E-state index is 13.9. The van der Waals surface area contributed by atoms with Gasteiger partial charge in [-0.3, -0.25) is 43.2 Å². The summed E-state index contributed by atoms with van der Waals surface area (Å²) >= 11 is 0. The molecule has 5 atom stereocenters. The molecule has 292 valence electrons. The first-order valence-corrected chi connectivity index (χ1v) is 17.3. The van der Waals surface area contributed by atoms with Crippen molar-refractivity contribution < 1.29 is 43.2 Å². The Bertz CT molecular complexity index is 1650. The Kier molecular flexibility index (Phi) is 16.6. The van der Waals surface area contributed by atoms with E-state index in [2.05, 4.69) is 52.5 Å². The van der Waals surface area contributed by atoms with Gasteiger partial charge in [-0.15, -0.1) is 0 Å². The van der Waals surface area contributed by atoms with E-state index in [0.29, 0.717) is 11.3 Å². The highest BCUT2D eigenvalue weighted by atomic mass is 16.2. The number of nitrogens with two attached hydrogens (primary N) is 1. The predicted octanol–water partition coefficient (Wildman–Crippen LogP) is -3.93. The quantitative estimate of drug-likeness (QED) is 0.125. The van der Waals surface area contributed by atoms with Crippen molar-refractivity contribution in [1.29, 1.82) is 0 Å². The van der Waals surface area contributed by atoms with Crippen LogP contribution in [0.15, 0.2) is 42.9 Å². The largest absolute Gasteiger partial charge is 0.368 e. The van der Waals surface area contributed by atoms with Gasteiger partial charge in [0, 0.05) is 44.6 Å². The van der Waals surface area contributed by atoms with E-state index in [1.807, 2.05) is 0 Å². The molecule has 1 fully saturated rings. The van der Waals surface area contributed by atoms with E-state index in [4.69, 9.17) is 5.73 Å². The lowest BCUT2D eigenvalue weighted by molar-refractivity contribution is -0.134. The fraction of sp³-hybridized carbons (Fsp3) is 0.471. The number of hydrogen-bond donors (Lipinski definition) is 10. The number of hydrogen-bond acceptors (Lipinski definition) is 10. The number of nitrogens with zero attached hydrogens (tertiary/aromatic N) is 1. The Morgan fingerprint density at radius 3 is 2.20 bits per heavy atom. The predicted molar refractivity (Wildman–Crippen MR) is 190 cm³/mol. The van der Waals surface area contributed by atoms with Crippen LogP contribution in [0.3, 0.4) is 0 Å². The third kappa shape index (κ3) is 14.7. The lowest BCUT2D eigenvalue weighted by atomic mass is 10.0. The summed E-state index contributed by atoms with van der Waals surface area (Å²) in [6.07, 6.45) is 2.48. The molecule has 1 aromatic heterocycles. The Labute approximate surface area is 310 Å². The third-order valence-corrected chi connectivity index (χ3v) is 8.18. The molecule has 1 aliphatic rings. The van der Waals surface area contributed by atoms with Gasteiger partial charge >= 0.3 is 0 Å². The first-order chi connectivity index (χ1) is 25.7. The van der Waals surface area contributed by atoms with Crippen LogP contribution in [0.5, 0.6) is 0 Å². The SMILES string of the molecule is CC(=O)NCC(=O)NC1CCCNC(=O)CCC(C(N)=O)NC(=O)[C@H](C)NC(=O)CNC(=O)C(Cc2ccccc2)NC(=O)[C@H](Cc2cnc[nH]2)NC1=O. The van der Waals surface area contributed by atoms with Crippen LogP contribution in [-0.2, 0) is 56.0 Å². The topological polar surface area (TPSA) is 305 Å². The van der Waals surface area contributed by atoms with E-state index < -0.39 is 96.5 Å². The van der Waals surface area contributed by atoms with Crippen LogP contribution in [-0.4, -0.2) is 113 Å². The molecule has 3 unspecified atom stereocenters. The average Bonchev–Trinajstić information content (AvgIpc) is 3.65. The minimum atomic E-state index is -1.30. The molecule has 2 heterocycles. The summed E-state index contributed by atoms with van der Waals surface area (Å²) in [6, 6.07) is 2.52. The summed E-state index contributed by atoms with van der Waals surface area (Å²) in [5, 5.41) is 20.1. The van der Waals surface area contributed by atoms with E-state index in [1.165, 1.54) is 26.4 Å². The maximum atomic E-state index is 13.9. The number of imidazole rings is 1. The van der Waals surface area contributed by atoms with Crippen LogP contribution in [0.2, 0.25) is 0 Å². The van der Waals surface area contributed by atoms with E-state index in [1.54, 1.807) is 30.3 Å². The highest BCUT2D eigenvalue weighted by Crippen LogP contribution is 2.08. The van der Waals surface area contributed by atoms with Gasteiger partial charge in [0.1, 0.15) is 30.2 Å². The molecule has 54 heavy (non-hydrogen) atoms. The molecule has 0 radical (unpaired) electrons. The normalized spacial score (nSPS) is 22.9. The molecule has 0 saturated carbocycles. The van der Waals surface area contributed by atoms with Crippen molar-refractivity contribution in [3.05, 3.63) is 54.1 Å². The fourth-order valence-electron chi connectivity index (χ4n) is 5.28. The van der Waals surface area contributed by atoms with Crippen molar-refractivity contribution in [3.63, 3.8) is 0 Å². The van der Waals surface area contributed by atoms with Crippen LogP contribution in [0.25, 0.3) is 0 Å². The van der Waals surface area contributed by atoms with Crippen LogP contribution >= 0.6 is 0 Å². The molecular formula is C34H47N11O9. The Morgan fingerprint density at radius 2 is 1.54 bits per heavy atom. The average molecular weight is 754 g/mol. The van der Waals surface area contributed by atoms with Crippen molar-refractivity contribution in [2.45, 2.75) is 82.6 Å². The van der Waals surface area contributed by atoms with Gasteiger partial charge in [-0.1, -0.05) is 30.3 Å². The molecule has 2 aromatic rings. The molecular weight excluding hydrogens is 706 g/mol. The van der Waals surface area contributed by atoms with Crippen molar-refractivity contribution in [2.75, 3.05) is 19.6 Å². The molecule has 0 spiro atoms. The number of aromatic amines is 1. The van der Waals surface area contributed by atoms with Crippen LogP contribution in [0.1, 0.15) is 50.8 Å². The van der Waals surface area contributed by atoms with Gasteiger partial charge < -0.3 is 53.3 Å². The minimum Gasteiger partial charge on any atom is -0.368 e.